The first-order valence-corrected chi connectivity index (χ1v) is 5.99. The first-order valence-electron chi connectivity index (χ1n) is 5.11. The van der Waals surface area contributed by atoms with Gasteiger partial charge in [0.25, 0.3) is 0 Å². The molecule has 0 bridgehead atoms. The van der Waals surface area contributed by atoms with Gasteiger partial charge in [-0.3, -0.25) is 0 Å². The fourth-order valence-corrected chi connectivity index (χ4v) is 2.06. The van der Waals surface area contributed by atoms with Crippen molar-refractivity contribution in [2.24, 2.45) is 0 Å². The highest BCUT2D eigenvalue weighted by molar-refractivity contribution is 7.09. The summed E-state index contributed by atoms with van der Waals surface area (Å²) in [5.41, 5.74) is 0.0960. The number of thiophene rings is 1. The van der Waals surface area contributed by atoms with E-state index in [0.717, 1.165) is 6.42 Å². The molecule has 0 aliphatic heterocycles. The summed E-state index contributed by atoms with van der Waals surface area (Å²) >= 11 is 1.65. The average Bonchev–Trinajstić information content (AvgIpc) is 2.82. The predicted octanol–water partition coefficient (Wildman–Crippen LogP) is 2.46. The molecular weight excluding hydrogens is 238 g/mol. The maximum atomic E-state index is 10.9. The third-order valence-corrected chi connectivity index (χ3v) is 3.11. The second-order valence-corrected chi connectivity index (χ2v) is 4.37. The van der Waals surface area contributed by atoms with Crippen LogP contribution < -0.4 is 4.74 Å². The molecule has 0 saturated carbocycles. The second-order valence-electron chi connectivity index (χ2n) is 3.34. The van der Waals surface area contributed by atoms with E-state index >= 15 is 0 Å². The maximum absolute atomic E-state index is 10.9. The van der Waals surface area contributed by atoms with Crippen molar-refractivity contribution >= 4 is 17.3 Å². The largest absolute Gasteiger partial charge is 0.477 e. The third-order valence-electron chi connectivity index (χ3n) is 2.17. The lowest BCUT2D eigenvalue weighted by molar-refractivity contribution is 0.0691. The van der Waals surface area contributed by atoms with Crippen LogP contribution in [-0.2, 0) is 6.42 Å². The second kappa shape index (κ2) is 5.45. The van der Waals surface area contributed by atoms with E-state index in [9.17, 15) is 4.79 Å². The number of aromatic carboxylic acids is 1. The van der Waals surface area contributed by atoms with E-state index in [1.54, 1.807) is 17.4 Å². The molecule has 5 heteroatoms. The van der Waals surface area contributed by atoms with Crippen LogP contribution in [0.2, 0.25) is 0 Å². The average molecular weight is 249 g/mol. The van der Waals surface area contributed by atoms with Crippen molar-refractivity contribution in [1.82, 2.24) is 4.98 Å². The van der Waals surface area contributed by atoms with Crippen LogP contribution in [-0.4, -0.2) is 22.7 Å². The maximum Gasteiger partial charge on any atom is 0.341 e. The molecule has 0 aliphatic rings. The Labute approximate surface area is 103 Å². The highest BCUT2D eigenvalue weighted by atomic mass is 32.1. The van der Waals surface area contributed by atoms with Gasteiger partial charge in [0.2, 0.25) is 5.88 Å². The topological polar surface area (TPSA) is 59.4 Å². The molecule has 0 saturated heterocycles. The standard InChI is InChI=1S/C12H11NO3S/c14-12(15)10-4-1-6-13-11(10)16-7-5-9-3-2-8-17-9/h1-4,6,8H,5,7H2,(H,14,15). The van der Waals surface area contributed by atoms with Crippen molar-refractivity contribution in [3.05, 3.63) is 46.3 Å². The van der Waals surface area contributed by atoms with Crippen LogP contribution in [0.1, 0.15) is 15.2 Å². The van der Waals surface area contributed by atoms with Crippen LogP contribution >= 0.6 is 11.3 Å². The van der Waals surface area contributed by atoms with Crippen molar-refractivity contribution in [2.45, 2.75) is 6.42 Å². The molecule has 0 fully saturated rings. The molecule has 0 spiro atoms. The quantitative estimate of drug-likeness (QED) is 0.884. The fourth-order valence-electron chi connectivity index (χ4n) is 1.37. The molecule has 2 aromatic heterocycles. The van der Waals surface area contributed by atoms with Gasteiger partial charge < -0.3 is 9.84 Å². The highest BCUT2D eigenvalue weighted by Gasteiger charge is 2.11. The molecule has 2 heterocycles. The Morgan fingerprint density at radius 1 is 1.41 bits per heavy atom. The summed E-state index contributed by atoms with van der Waals surface area (Å²) < 4.78 is 5.39. The van der Waals surface area contributed by atoms with Gasteiger partial charge >= 0.3 is 5.97 Å². The summed E-state index contributed by atoms with van der Waals surface area (Å²) in [5, 5.41) is 10.9. The van der Waals surface area contributed by atoms with E-state index in [2.05, 4.69) is 4.98 Å². The molecule has 4 nitrogen and oxygen atoms in total. The Morgan fingerprint density at radius 3 is 3.00 bits per heavy atom. The van der Waals surface area contributed by atoms with E-state index in [1.165, 1.54) is 17.1 Å². The summed E-state index contributed by atoms with van der Waals surface area (Å²) in [6.45, 7) is 0.428. The SMILES string of the molecule is O=C(O)c1cccnc1OCCc1cccs1. The molecule has 2 aromatic rings. The normalized spacial score (nSPS) is 10.1. The van der Waals surface area contributed by atoms with Crippen molar-refractivity contribution in [3.8, 4) is 5.88 Å². The molecule has 2 rings (SSSR count). The lowest BCUT2D eigenvalue weighted by Crippen LogP contribution is -2.07. The van der Waals surface area contributed by atoms with E-state index in [4.69, 9.17) is 9.84 Å². The molecule has 1 N–H and O–H groups in total. The molecule has 0 aliphatic carbocycles. The predicted molar refractivity (Wildman–Crippen MR) is 64.7 cm³/mol. The number of carboxylic acids is 1. The summed E-state index contributed by atoms with van der Waals surface area (Å²) in [6.07, 6.45) is 2.28. The van der Waals surface area contributed by atoms with Gasteiger partial charge in [0.1, 0.15) is 5.56 Å². The third kappa shape index (κ3) is 3.04. The zero-order valence-electron chi connectivity index (χ0n) is 9.00. The number of nitrogens with zero attached hydrogens (tertiary/aromatic N) is 1. The number of hydrogen-bond acceptors (Lipinski definition) is 4. The number of carboxylic acid groups (broad SMARTS) is 1. The van der Waals surface area contributed by atoms with Crippen molar-refractivity contribution in [3.63, 3.8) is 0 Å². The molecule has 0 amide bonds. The van der Waals surface area contributed by atoms with Crippen LogP contribution in [0.3, 0.4) is 0 Å². The lowest BCUT2D eigenvalue weighted by Gasteiger charge is -2.06. The number of ether oxygens (including phenoxy) is 1. The molecule has 0 aromatic carbocycles. The minimum Gasteiger partial charge on any atom is -0.477 e. The van der Waals surface area contributed by atoms with Crippen LogP contribution in [0.25, 0.3) is 0 Å². The van der Waals surface area contributed by atoms with Gasteiger partial charge in [-0.15, -0.1) is 11.3 Å². The number of pyridine rings is 1. The van der Waals surface area contributed by atoms with Gasteiger partial charge in [-0.25, -0.2) is 9.78 Å². The molecule has 0 atom stereocenters. The summed E-state index contributed by atoms with van der Waals surface area (Å²) in [7, 11) is 0. The van der Waals surface area contributed by atoms with Crippen LogP contribution in [0.15, 0.2) is 35.8 Å². The summed E-state index contributed by atoms with van der Waals surface area (Å²) in [5.74, 6) is -0.847. The van der Waals surface area contributed by atoms with Crippen molar-refractivity contribution in [1.29, 1.82) is 0 Å². The van der Waals surface area contributed by atoms with Crippen LogP contribution in [0, 0.1) is 0 Å². The molecule has 0 radical (unpaired) electrons. The Hall–Kier alpha value is -1.88. The van der Waals surface area contributed by atoms with Gasteiger partial charge in [-0.1, -0.05) is 6.07 Å². The summed E-state index contributed by atoms with van der Waals surface area (Å²) in [4.78, 5) is 16.0. The lowest BCUT2D eigenvalue weighted by atomic mass is 10.3. The zero-order valence-corrected chi connectivity index (χ0v) is 9.81. The van der Waals surface area contributed by atoms with E-state index < -0.39 is 5.97 Å². The minimum atomic E-state index is -1.02. The molecule has 0 unspecified atom stereocenters. The first-order chi connectivity index (χ1) is 8.27. The van der Waals surface area contributed by atoms with Crippen LogP contribution in [0.5, 0.6) is 5.88 Å². The van der Waals surface area contributed by atoms with Crippen molar-refractivity contribution < 1.29 is 14.6 Å². The highest BCUT2D eigenvalue weighted by Crippen LogP contribution is 2.15. The van der Waals surface area contributed by atoms with Crippen LogP contribution in [0.4, 0.5) is 0 Å². The van der Waals surface area contributed by atoms with Gasteiger partial charge in [0.05, 0.1) is 6.61 Å². The Balaban J connectivity index is 1.97. The Bertz CT molecular complexity index is 496. The van der Waals surface area contributed by atoms with Gasteiger partial charge in [0, 0.05) is 17.5 Å². The minimum absolute atomic E-state index is 0.0960. The number of aromatic nitrogens is 1. The monoisotopic (exact) mass is 249 g/mol. The first kappa shape index (κ1) is 11.6. The summed E-state index contributed by atoms with van der Waals surface area (Å²) in [6, 6.07) is 7.05. The van der Waals surface area contributed by atoms with Gasteiger partial charge in [-0.2, -0.15) is 0 Å². The van der Waals surface area contributed by atoms with Crippen molar-refractivity contribution in [2.75, 3.05) is 6.61 Å². The molecular formula is C12H11NO3S. The van der Waals surface area contributed by atoms with E-state index in [0.29, 0.717) is 6.61 Å². The smallest absolute Gasteiger partial charge is 0.341 e. The Morgan fingerprint density at radius 2 is 2.29 bits per heavy atom. The molecule has 17 heavy (non-hydrogen) atoms. The number of rotatable bonds is 5. The fraction of sp³-hybridized carbons (Fsp3) is 0.167. The molecule has 88 valence electrons. The van der Waals surface area contributed by atoms with E-state index in [1.807, 2.05) is 17.5 Å². The van der Waals surface area contributed by atoms with Gasteiger partial charge in [0.15, 0.2) is 0 Å². The number of carbonyl (C=O) groups is 1. The van der Waals surface area contributed by atoms with E-state index in [-0.39, 0.29) is 11.4 Å². The number of hydrogen-bond donors (Lipinski definition) is 1. The Kier molecular flexibility index (Phi) is 3.72. The zero-order chi connectivity index (χ0) is 12.1. The van der Waals surface area contributed by atoms with Gasteiger partial charge in [-0.05, 0) is 23.6 Å².